The molecule has 8 nitrogen and oxygen atoms in total. The number of hydrogen-bond donors (Lipinski definition) is 1. The lowest BCUT2D eigenvalue weighted by Gasteiger charge is -2.35. The zero-order chi connectivity index (χ0) is 28.0. The molecule has 2 amide bonds. The zero-order valence-electron chi connectivity index (χ0n) is 23.5. The van der Waals surface area contributed by atoms with Crippen LogP contribution < -0.4 is 0 Å². The normalized spacial score (nSPS) is 17.2. The molecule has 206 valence electrons. The van der Waals surface area contributed by atoms with Gasteiger partial charge >= 0.3 is 6.09 Å². The highest BCUT2D eigenvalue weighted by Crippen LogP contribution is 2.40. The number of rotatable bonds is 3. The molecule has 40 heavy (non-hydrogen) atoms. The van der Waals surface area contributed by atoms with Gasteiger partial charge in [0, 0.05) is 60.9 Å². The van der Waals surface area contributed by atoms with Crippen molar-refractivity contribution in [3.8, 4) is 11.1 Å². The molecule has 3 aromatic heterocycles. The van der Waals surface area contributed by atoms with Crippen LogP contribution in [0.15, 0.2) is 55.1 Å². The number of carbonyl (C=O) groups excluding carboxylic acids is 2. The Kier molecular flexibility index (Phi) is 6.56. The van der Waals surface area contributed by atoms with Crippen molar-refractivity contribution < 1.29 is 14.3 Å². The number of likely N-dealkylation sites (tertiary alicyclic amines) is 1. The lowest BCUT2D eigenvalue weighted by Crippen LogP contribution is -2.39. The highest BCUT2D eigenvalue weighted by molar-refractivity contribution is 5.94. The van der Waals surface area contributed by atoms with E-state index in [1.807, 2.05) is 43.0 Å². The fraction of sp³-hybridized carbons (Fsp3) is 0.375. The van der Waals surface area contributed by atoms with Gasteiger partial charge < -0.3 is 19.5 Å². The Morgan fingerprint density at radius 1 is 1.07 bits per heavy atom. The Morgan fingerprint density at radius 2 is 1.88 bits per heavy atom. The molecule has 1 atom stereocenters. The van der Waals surface area contributed by atoms with Crippen LogP contribution in [0.5, 0.6) is 0 Å². The smallest absolute Gasteiger partial charge is 0.410 e. The first-order chi connectivity index (χ1) is 19.2. The summed E-state index contributed by atoms with van der Waals surface area (Å²) >= 11 is 0. The Bertz CT molecular complexity index is 1590. The maximum atomic E-state index is 13.4. The molecule has 2 aliphatic rings. The van der Waals surface area contributed by atoms with Crippen LogP contribution in [0, 0.1) is 6.92 Å². The molecule has 0 saturated carbocycles. The van der Waals surface area contributed by atoms with Crippen molar-refractivity contribution in [1.29, 1.82) is 0 Å². The Morgan fingerprint density at radius 3 is 2.65 bits per heavy atom. The minimum absolute atomic E-state index is 0.00363. The summed E-state index contributed by atoms with van der Waals surface area (Å²) < 4.78 is 5.81. The number of hydrogen-bond acceptors (Lipinski definition) is 5. The fourth-order valence-electron chi connectivity index (χ4n) is 5.93. The number of benzene rings is 1. The SMILES string of the molecule is Cc1c[nH]c2ncc(-c3cc4c(c([C@@H]5CCCN5C(=O)OC(C)(C)C)c3)CN(C(=O)c3ccncc3)CC4)cc12. The monoisotopic (exact) mass is 537 g/mol. The van der Waals surface area contributed by atoms with Crippen LogP contribution in [-0.2, 0) is 17.7 Å². The van der Waals surface area contributed by atoms with Crippen LogP contribution in [0.1, 0.15) is 72.3 Å². The minimum atomic E-state index is -0.575. The predicted octanol–water partition coefficient (Wildman–Crippen LogP) is 6.20. The van der Waals surface area contributed by atoms with Crippen molar-refractivity contribution in [3.05, 3.63) is 82.9 Å². The van der Waals surface area contributed by atoms with Gasteiger partial charge in [-0.15, -0.1) is 0 Å². The van der Waals surface area contributed by atoms with Crippen molar-refractivity contribution in [1.82, 2.24) is 24.8 Å². The number of carbonyl (C=O) groups is 2. The Balaban J connectivity index is 1.43. The molecular formula is C32H35N5O3. The third kappa shape index (κ3) is 4.94. The average Bonchev–Trinajstić information content (AvgIpc) is 3.58. The third-order valence-corrected chi connectivity index (χ3v) is 7.90. The topological polar surface area (TPSA) is 91.4 Å². The van der Waals surface area contributed by atoms with E-state index in [1.165, 1.54) is 5.56 Å². The van der Waals surface area contributed by atoms with E-state index < -0.39 is 5.60 Å². The van der Waals surface area contributed by atoms with Crippen molar-refractivity contribution >= 4 is 23.0 Å². The van der Waals surface area contributed by atoms with Gasteiger partial charge in [-0.2, -0.15) is 0 Å². The molecule has 0 bridgehead atoms. The number of aromatic nitrogens is 3. The highest BCUT2D eigenvalue weighted by Gasteiger charge is 2.36. The van der Waals surface area contributed by atoms with Crippen LogP contribution >= 0.6 is 0 Å². The summed E-state index contributed by atoms with van der Waals surface area (Å²) in [7, 11) is 0. The first-order valence-corrected chi connectivity index (χ1v) is 14.0. The minimum Gasteiger partial charge on any atom is -0.444 e. The van der Waals surface area contributed by atoms with Crippen LogP contribution in [0.2, 0.25) is 0 Å². The lowest BCUT2D eigenvalue weighted by molar-refractivity contribution is 0.0222. The quantitative estimate of drug-likeness (QED) is 0.336. The number of H-pyrrole nitrogens is 1. The van der Waals surface area contributed by atoms with Crippen molar-refractivity contribution in [3.63, 3.8) is 0 Å². The average molecular weight is 538 g/mol. The number of amides is 2. The van der Waals surface area contributed by atoms with Gasteiger partial charge in [0.05, 0.1) is 6.04 Å². The molecule has 1 saturated heterocycles. The lowest BCUT2D eigenvalue weighted by atomic mass is 9.86. The molecule has 1 aromatic carbocycles. The summed E-state index contributed by atoms with van der Waals surface area (Å²) in [6, 6.07) is 10.0. The largest absolute Gasteiger partial charge is 0.444 e. The van der Waals surface area contributed by atoms with Gasteiger partial charge in [-0.05, 0) is 99.0 Å². The van der Waals surface area contributed by atoms with Crippen molar-refractivity contribution in [2.75, 3.05) is 13.1 Å². The van der Waals surface area contributed by atoms with Gasteiger partial charge in [-0.3, -0.25) is 9.78 Å². The maximum Gasteiger partial charge on any atom is 0.410 e. The van der Waals surface area contributed by atoms with Gasteiger partial charge in [-0.1, -0.05) is 6.07 Å². The van der Waals surface area contributed by atoms with Crippen molar-refractivity contribution in [2.24, 2.45) is 0 Å². The molecule has 5 heterocycles. The van der Waals surface area contributed by atoms with Crippen molar-refractivity contribution in [2.45, 2.75) is 65.1 Å². The third-order valence-electron chi connectivity index (χ3n) is 7.90. The van der Waals surface area contributed by atoms with Crippen LogP contribution in [-0.4, -0.2) is 55.4 Å². The van der Waals surface area contributed by atoms with Crippen LogP contribution in [0.4, 0.5) is 4.79 Å². The summed E-state index contributed by atoms with van der Waals surface area (Å²) in [5.74, 6) is -0.00363. The molecule has 6 rings (SSSR count). The zero-order valence-corrected chi connectivity index (χ0v) is 23.5. The summed E-state index contributed by atoms with van der Waals surface area (Å²) in [5, 5.41) is 1.10. The summed E-state index contributed by atoms with van der Waals surface area (Å²) in [5.41, 5.74) is 7.64. The predicted molar refractivity (Wildman–Crippen MR) is 154 cm³/mol. The van der Waals surface area contributed by atoms with E-state index in [0.717, 1.165) is 58.1 Å². The van der Waals surface area contributed by atoms with Crippen LogP contribution in [0.25, 0.3) is 22.2 Å². The molecule has 4 aromatic rings. The van der Waals surface area contributed by atoms with E-state index in [-0.39, 0.29) is 18.0 Å². The van der Waals surface area contributed by atoms with E-state index in [9.17, 15) is 9.59 Å². The number of ether oxygens (including phenoxy) is 1. The second-order valence-electron chi connectivity index (χ2n) is 11.8. The second-order valence-corrected chi connectivity index (χ2v) is 11.8. The van der Waals surface area contributed by atoms with Gasteiger partial charge in [0.1, 0.15) is 11.2 Å². The molecule has 0 unspecified atom stereocenters. The number of nitrogens with one attached hydrogen (secondary N) is 1. The molecular weight excluding hydrogens is 502 g/mol. The molecule has 0 aliphatic carbocycles. The molecule has 2 aliphatic heterocycles. The van der Waals surface area contributed by atoms with Gasteiger partial charge in [0.15, 0.2) is 0 Å². The Hall–Kier alpha value is -4.20. The molecule has 8 heteroatoms. The highest BCUT2D eigenvalue weighted by atomic mass is 16.6. The van der Waals surface area contributed by atoms with E-state index in [1.54, 1.807) is 24.5 Å². The number of aromatic amines is 1. The number of aryl methyl sites for hydroxylation is 1. The maximum absolute atomic E-state index is 13.4. The number of pyridine rings is 2. The van der Waals surface area contributed by atoms with E-state index in [0.29, 0.717) is 25.2 Å². The van der Waals surface area contributed by atoms with Gasteiger partial charge in [0.2, 0.25) is 0 Å². The summed E-state index contributed by atoms with van der Waals surface area (Å²) in [4.78, 5) is 42.4. The van der Waals surface area contributed by atoms with E-state index in [4.69, 9.17) is 4.74 Å². The second kappa shape index (κ2) is 10.1. The molecule has 1 N–H and O–H groups in total. The van der Waals surface area contributed by atoms with Crippen LogP contribution in [0.3, 0.4) is 0 Å². The fourth-order valence-corrected chi connectivity index (χ4v) is 5.93. The van der Waals surface area contributed by atoms with E-state index >= 15 is 0 Å². The molecule has 1 fully saturated rings. The Labute approximate surface area is 234 Å². The molecule has 0 radical (unpaired) electrons. The number of fused-ring (bicyclic) bond motifs is 2. The molecule has 0 spiro atoms. The van der Waals surface area contributed by atoms with Gasteiger partial charge in [-0.25, -0.2) is 9.78 Å². The van der Waals surface area contributed by atoms with E-state index in [2.05, 4.69) is 40.1 Å². The first kappa shape index (κ1) is 26.0. The standard InChI is InChI=1S/C32H35N5O3/c1-20-17-34-29-25(20)16-24(18-35-29)23-14-22-9-13-36(30(38)21-7-10-33-11-8-21)19-27(22)26(15-23)28-6-5-12-37(28)31(39)40-32(2,3)4/h7-8,10-11,14-18,28H,5-6,9,12-13,19H2,1-4H3,(H,34,35)/t28-/m0/s1. The first-order valence-electron chi connectivity index (χ1n) is 14.0. The van der Waals surface area contributed by atoms with Gasteiger partial charge in [0.25, 0.3) is 5.91 Å². The number of nitrogens with zero attached hydrogens (tertiary/aromatic N) is 4. The summed E-state index contributed by atoms with van der Waals surface area (Å²) in [6.07, 6.45) is 9.39. The summed E-state index contributed by atoms with van der Waals surface area (Å²) in [6.45, 7) is 9.54.